The van der Waals surface area contributed by atoms with E-state index in [-0.39, 0.29) is 5.25 Å². The first kappa shape index (κ1) is 13.7. The molecule has 2 heterocycles. The van der Waals surface area contributed by atoms with Crippen molar-refractivity contribution in [1.82, 2.24) is 4.98 Å². The summed E-state index contributed by atoms with van der Waals surface area (Å²) in [6, 6.07) is 3.64. The summed E-state index contributed by atoms with van der Waals surface area (Å²) in [6.07, 6.45) is 2.12. The number of rotatable bonds is 3. The van der Waals surface area contributed by atoms with Crippen molar-refractivity contribution in [2.45, 2.75) is 36.0 Å². The second kappa shape index (κ2) is 5.97. The van der Waals surface area contributed by atoms with Gasteiger partial charge in [-0.3, -0.25) is 4.79 Å². The maximum Gasteiger partial charge on any atom is 0.151 e. The van der Waals surface area contributed by atoms with E-state index in [0.29, 0.717) is 28.5 Å². The molecule has 1 fully saturated rings. The molecule has 0 bridgehead atoms. The molecule has 0 radical (unpaired) electrons. The van der Waals surface area contributed by atoms with Gasteiger partial charge in [-0.2, -0.15) is 11.8 Å². The van der Waals surface area contributed by atoms with Crippen LogP contribution in [0.1, 0.15) is 19.4 Å². The highest BCUT2D eigenvalue weighted by molar-refractivity contribution is 8.08. The van der Waals surface area contributed by atoms with Crippen LogP contribution >= 0.6 is 23.5 Å². The van der Waals surface area contributed by atoms with Gasteiger partial charge in [-0.15, -0.1) is 11.8 Å². The van der Waals surface area contributed by atoms with Gasteiger partial charge in [-0.25, -0.2) is 4.98 Å². The Balaban J connectivity index is 1.96. The third-order valence-electron chi connectivity index (χ3n) is 3.13. The van der Waals surface area contributed by atoms with Gasteiger partial charge >= 0.3 is 0 Å². The molecule has 3 unspecified atom stereocenters. The first-order valence-corrected chi connectivity index (χ1v) is 8.05. The largest absolute Gasteiger partial charge is 0.384 e. The fourth-order valence-electron chi connectivity index (χ4n) is 1.87. The van der Waals surface area contributed by atoms with Crippen molar-refractivity contribution in [3.63, 3.8) is 0 Å². The van der Waals surface area contributed by atoms with Crippen molar-refractivity contribution in [3.05, 3.63) is 23.9 Å². The lowest BCUT2D eigenvalue weighted by molar-refractivity contribution is -0.117. The van der Waals surface area contributed by atoms with E-state index in [1.165, 1.54) is 0 Å². The summed E-state index contributed by atoms with van der Waals surface area (Å²) in [5.41, 5.74) is 6.58. The molecule has 98 valence electrons. The summed E-state index contributed by atoms with van der Waals surface area (Å²) >= 11 is 3.71. The number of thioether (sulfide) groups is 2. The molecule has 1 aromatic heterocycles. The molecule has 1 saturated heterocycles. The smallest absolute Gasteiger partial charge is 0.151 e. The van der Waals surface area contributed by atoms with E-state index < -0.39 is 0 Å². The van der Waals surface area contributed by atoms with Gasteiger partial charge in [0, 0.05) is 28.9 Å². The predicted molar refractivity (Wildman–Crippen MR) is 80.1 cm³/mol. The van der Waals surface area contributed by atoms with Crippen LogP contribution in [-0.4, -0.2) is 32.3 Å². The molecule has 1 aliphatic rings. The van der Waals surface area contributed by atoms with Gasteiger partial charge in [0.15, 0.2) is 5.78 Å². The second-order valence-corrected chi connectivity index (χ2v) is 7.60. The van der Waals surface area contributed by atoms with Crippen LogP contribution in [0.3, 0.4) is 0 Å². The number of pyridine rings is 1. The Labute approximate surface area is 116 Å². The van der Waals surface area contributed by atoms with Crippen molar-refractivity contribution in [2.24, 2.45) is 0 Å². The van der Waals surface area contributed by atoms with Crippen LogP contribution in [-0.2, 0) is 11.2 Å². The zero-order valence-corrected chi connectivity index (χ0v) is 12.3. The number of hydrogen-bond donors (Lipinski definition) is 1. The normalized spacial score (nSPS) is 28.0. The minimum Gasteiger partial charge on any atom is -0.384 e. The van der Waals surface area contributed by atoms with Crippen molar-refractivity contribution < 1.29 is 4.79 Å². The molecule has 2 N–H and O–H groups in total. The van der Waals surface area contributed by atoms with Gasteiger partial charge in [-0.05, 0) is 17.7 Å². The molecule has 0 spiro atoms. The van der Waals surface area contributed by atoms with Crippen molar-refractivity contribution in [3.8, 4) is 0 Å². The summed E-state index contributed by atoms with van der Waals surface area (Å²) in [6.45, 7) is 4.43. The first-order valence-electron chi connectivity index (χ1n) is 6.06. The van der Waals surface area contributed by atoms with Crippen LogP contribution in [0.4, 0.5) is 5.82 Å². The number of anilines is 1. The molecule has 0 amide bonds. The fourth-order valence-corrected chi connectivity index (χ4v) is 4.76. The van der Waals surface area contributed by atoms with Gasteiger partial charge in [0.1, 0.15) is 5.82 Å². The molecule has 3 atom stereocenters. The molecular weight excluding hydrogens is 264 g/mol. The van der Waals surface area contributed by atoms with Gasteiger partial charge in [0.2, 0.25) is 0 Å². The van der Waals surface area contributed by atoms with Crippen molar-refractivity contribution in [2.75, 3.05) is 11.5 Å². The summed E-state index contributed by atoms with van der Waals surface area (Å²) in [4.78, 5) is 16.2. The Kier molecular flexibility index (Phi) is 4.56. The summed E-state index contributed by atoms with van der Waals surface area (Å²) < 4.78 is 0. The number of nitrogens with two attached hydrogens (primary N) is 1. The van der Waals surface area contributed by atoms with E-state index in [2.05, 4.69) is 18.8 Å². The highest BCUT2D eigenvalue weighted by atomic mass is 32.2. The lowest BCUT2D eigenvalue weighted by Crippen LogP contribution is -2.32. The number of nitrogen functional groups attached to an aromatic ring is 1. The fraction of sp³-hybridized carbons (Fsp3) is 0.538. The van der Waals surface area contributed by atoms with Gasteiger partial charge in [0.05, 0.1) is 5.25 Å². The molecule has 1 aliphatic heterocycles. The van der Waals surface area contributed by atoms with Gasteiger partial charge in [-0.1, -0.05) is 13.8 Å². The highest BCUT2D eigenvalue weighted by Gasteiger charge is 2.29. The molecule has 1 aromatic rings. The van der Waals surface area contributed by atoms with Crippen LogP contribution in [0.2, 0.25) is 0 Å². The number of aromatic nitrogens is 1. The van der Waals surface area contributed by atoms with Crippen molar-refractivity contribution in [1.29, 1.82) is 0 Å². The predicted octanol–water partition coefficient (Wildman–Crippen LogP) is 2.40. The minimum atomic E-state index is 0.121. The van der Waals surface area contributed by atoms with Crippen LogP contribution in [0, 0.1) is 0 Å². The monoisotopic (exact) mass is 282 g/mol. The molecule has 18 heavy (non-hydrogen) atoms. The SMILES string of the molecule is CC1SCC(C(=O)Cc2ccnc(N)c2)SC1C. The lowest BCUT2D eigenvalue weighted by atomic mass is 10.1. The number of ketones is 1. The van der Waals surface area contributed by atoms with E-state index in [9.17, 15) is 4.79 Å². The zero-order valence-electron chi connectivity index (χ0n) is 10.6. The standard InChI is InChI=1S/C13H18N2OS2/c1-8-9(2)18-12(7-17-8)11(16)5-10-3-4-15-13(14)6-10/h3-4,6,8-9,12H,5,7H2,1-2H3,(H2,14,15). The molecule has 0 aromatic carbocycles. The van der Waals surface area contributed by atoms with E-state index in [1.807, 2.05) is 29.6 Å². The van der Waals surface area contributed by atoms with Crippen LogP contribution in [0.25, 0.3) is 0 Å². The topological polar surface area (TPSA) is 56.0 Å². The molecule has 0 saturated carbocycles. The quantitative estimate of drug-likeness (QED) is 0.922. The van der Waals surface area contributed by atoms with Gasteiger partial charge < -0.3 is 5.73 Å². The second-order valence-electron chi connectivity index (χ2n) is 4.60. The Morgan fingerprint density at radius 1 is 1.50 bits per heavy atom. The molecular formula is C13H18N2OS2. The first-order chi connectivity index (χ1) is 8.56. The number of nitrogens with zero attached hydrogens (tertiary/aromatic N) is 1. The van der Waals surface area contributed by atoms with E-state index in [0.717, 1.165) is 11.3 Å². The molecule has 2 rings (SSSR count). The maximum absolute atomic E-state index is 12.2. The Bertz CT molecular complexity index is 439. The van der Waals surface area contributed by atoms with Crippen LogP contribution in [0.5, 0.6) is 0 Å². The van der Waals surface area contributed by atoms with Crippen LogP contribution in [0.15, 0.2) is 18.3 Å². The van der Waals surface area contributed by atoms with E-state index in [1.54, 1.807) is 12.3 Å². The Hall–Kier alpha value is -0.680. The van der Waals surface area contributed by atoms with Crippen LogP contribution < -0.4 is 5.73 Å². The average Bonchev–Trinajstić information content (AvgIpc) is 2.32. The lowest BCUT2D eigenvalue weighted by Gasteiger charge is -2.30. The Morgan fingerprint density at radius 2 is 2.28 bits per heavy atom. The third kappa shape index (κ3) is 3.42. The van der Waals surface area contributed by atoms with E-state index in [4.69, 9.17) is 5.73 Å². The number of carbonyl (C=O) groups is 1. The highest BCUT2D eigenvalue weighted by Crippen LogP contribution is 2.36. The maximum atomic E-state index is 12.2. The average molecular weight is 282 g/mol. The molecule has 5 heteroatoms. The summed E-state index contributed by atoms with van der Waals surface area (Å²) in [5, 5.41) is 1.30. The zero-order chi connectivity index (χ0) is 13.1. The minimum absolute atomic E-state index is 0.121. The van der Waals surface area contributed by atoms with Crippen molar-refractivity contribution >= 4 is 35.1 Å². The third-order valence-corrected chi connectivity index (χ3v) is 6.57. The molecule has 0 aliphatic carbocycles. The Morgan fingerprint density at radius 3 is 2.94 bits per heavy atom. The van der Waals surface area contributed by atoms with E-state index >= 15 is 0 Å². The number of Topliss-reactive ketones (excluding diaryl/α,β-unsaturated/α-hetero) is 1. The summed E-state index contributed by atoms with van der Waals surface area (Å²) in [5.74, 6) is 1.71. The van der Waals surface area contributed by atoms with Gasteiger partial charge in [0.25, 0.3) is 0 Å². The number of carbonyl (C=O) groups excluding carboxylic acids is 1. The number of hydrogen-bond acceptors (Lipinski definition) is 5. The molecule has 3 nitrogen and oxygen atoms in total. The summed E-state index contributed by atoms with van der Waals surface area (Å²) in [7, 11) is 0.